The van der Waals surface area contributed by atoms with Crippen LogP contribution in [0.4, 0.5) is 5.69 Å². The smallest absolute Gasteiger partial charge is 0.335 e. The zero-order valence-corrected chi connectivity index (χ0v) is 17.4. The van der Waals surface area contributed by atoms with Gasteiger partial charge in [-0.2, -0.15) is 0 Å². The van der Waals surface area contributed by atoms with Crippen LogP contribution in [0.15, 0.2) is 59.8 Å². The molecule has 2 N–H and O–H groups in total. The number of nitrogens with zero attached hydrogens (tertiary/aromatic N) is 3. The van der Waals surface area contributed by atoms with Crippen LogP contribution in [-0.4, -0.2) is 37.5 Å². The number of hydrogen-bond acceptors (Lipinski definition) is 6. The van der Waals surface area contributed by atoms with Gasteiger partial charge in [-0.25, -0.2) is 4.79 Å². The summed E-state index contributed by atoms with van der Waals surface area (Å²) in [7, 11) is 0. The van der Waals surface area contributed by atoms with Gasteiger partial charge < -0.3 is 19.7 Å². The Labute approximate surface area is 178 Å². The van der Waals surface area contributed by atoms with Gasteiger partial charge in [0.15, 0.2) is 17.1 Å². The summed E-state index contributed by atoms with van der Waals surface area (Å²) in [4.78, 5) is 23.1. The van der Waals surface area contributed by atoms with E-state index in [1.54, 1.807) is 12.1 Å². The van der Waals surface area contributed by atoms with E-state index in [0.29, 0.717) is 23.2 Å². The quantitative estimate of drug-likeness (QED) is 0.500. The first-order chi connectivity index (χ1) is 14.5. The number of carbonyl (C=O) groups excluding carboxylic acids is 1. The maximum absolute atomic E-state index is 12.3. The molecule has 1 aromatic heterocycles. The molecule has 0 aliphatic heterocycles. The highest BCUT2D eigenvalue weighted by Crippen LogP contribution is 2.24. The van der Waals surface area contributed by atoms with Crippen molar-refractivity contribution in [1.29, 1.82) is 0 Å². The fraction of sp³-hybridized carbons (Fsp3) is 0.238. The number of thioether (sulfide) groups is 1. The summed E-state index contributed by atoms with van der Waals surface area (Å²) in [6.45, 7) is 4.53. The molecule has 1 atom stereocenters. The van der Waals surface area contributed by atoms with Gasteiger partial charge >= 0.3 is 5.97 Å². The molecule has 0 unspecified atom stereocenters. The molecule has 156 valence electrons. The molecule has 0 fully saturated rings. The molecule has 0 bridgehead atoms. The molecule has 1 amide bonds. The van der Waals surface area contributed by atoms with Crippen LogP contribution >= 0.6 is 11.8 Å². The maximum atomic E-state index is 12.3. The Kier molecular flexibility index (Phi) is 7.08. The standard InChI is InChI=1S/C21H22N4O4S/c1-3-25-19(14(2)29-17-7-5-4-6-8-17)23-24-21(25)30-13-18(26)22-16-11-9-15(10-12-16)20(27)28/h4-12,14H,3,13H2,1-2H3,(H,22,26)(H,27,28)/t14-/m0/s1. The predicted octanol–water partition coefficient (Wildman–Crippen LogP) is 3.87. The van der Waals surface area contributed by atoms with E-state index in [1.807, 2.05) is 48.7 Å². The highest BCUT2D eigenvalue weighted by molar-refractivity contribution is 7.99. The largest absolute Gasteiger partial charge is 0.483 e. The molecule has 0 aliphatic carbocycles. The number of aromatic nitrogens is 3. The minimum atomic E-state index is -1.01. The van der Waals surface area contributed by atoms with E-state index >= 15 is 0 Å². The van der Waals surface area contributed by atoms with Crippen molar-refractivity contribution >= 4 is 29.3 Å². The Morgan fingerprint density at radius 2 is 1.83 bits per heavy atom. The van der Waals surface area contributed by atoms with Crippen LogP contribution in [0.1, 0.15) is 36.1 Å². The Balaban J connectivity index is 1.60. The van der Waals surface area contributed by atoms with Gasteiger partial charge in [0.2, 0.25) is 5.91 Å². The zero-order chi connectivity index (χ0) is 21.5. The second-order valence-electron chi connectivity index (χ2n) is 6.38. The average molecular weight is 426 g/mol. The Hall–Kier alpha value is -3.33. The number of rotatable bonds is 9. The first-order valence-corrected chi connectivity index (χ1v) is 10.4. The Morgan fingerprint density at radius 3 is 2.47 bits per heavy atom. The van der Waals surface area contributed by atoms with Gasteiger partial charge in [-0.3, -0.25) is 4.79 Å². The monoisotopic (exact) mass is 426 g/mol. The Morgan fingerprint density at radius 1 is 1.13 bits per heavy atom. The number of carboxylic acid groups (broad SMARTS) is 1. The summed E-state index contributed by atoms with van der Waals surface area (Å²) in [5, 5.41) is 20.8. The first-order valence-electron chi connectivity index (χ1n) is 9.38. The van der Waals surface area contributed by atoms with E-state index in [9.17, 15) is 9.59 Å². The number of anilines is 1. The lowest BCUT2D eigenvalue weighted by Crippen LogP contribution is -2.15. The van der Waals surface area contributed by atoms with Crippen molar-refractivity contribution in [2.24, 2.45) is 0 Å². The third-order valence-electron chi connectivity index (χ3n) is 4.23. The summed E-state index contributed by atoms with van der Waals surface area (Å²) in [5.41, 5.74) is 0.700. The van der Waals surface area contributed by atoms with Gasteiger partial charge in [-0.1, -0.05) is 30.0 Å². The maximum Gasteiger partial charge on any atom is 0.335 e. The van der Waals surface area contributed by atoms with Crippen LogP contribution in [0.2, 0.25) is 0 Å². The molecule has 0 radical (unpaired) electrons. The molecule has 0 saturated carbocycles. The third-order valence-corrected chi connectivity index (χ3v) is 5.20. The molecule has 8 nitrogen and oxygen atoms in total. The topological polar surface area (TPSA) is 106 Å². The molecule has 3 aromatic rings. The van der Waals surface area contributed by atoms with Crippen LogP contribution in [0.25, 0.3) is 0 Å². The van der Waals surface area contributed by atoms with E-state index in [0.717, 1.165) is 5.75 Å². The lowest BCUT2D eigenvalue weighted by molar-refractivity contribution is -0.113. The number of para-hydroxylation sites is 1. The van der Waals surface area contributed by atoms with Gasteiger partial charge in [-0.15, -0.1) is 10.2 Å². The molecular weight excluding hydrogens is 404 g/mol. The van der Waals surface area contributed by atoms with Crippen LogP contribution in [0, 0.1) is 0 Å². The second kappa shape index (κ2) is 9.93. The van der Waals surface area contributed by atoms with E-state index in [4.69, 9.17) is 9.84 Å². The van der Waals surface area contributed by atoms with Gasteiger partial charge in [0.1, 0.15) is 5.75 Å². The lowest BCUT2D eigenvalue weighted by Gasteiger charge is -2.15. The molecule has 1 heterocycles. The summed E-state index contributed by atoms with van der Waals surface area (Å²) in [6.07, 6.45) is -0.296. The van der Waals surface area contributed by atoms with E-state index in [1.165, 1.54) is 23.9 Å². The fourth-order valence-electron chi connectivity index (χ4n) is 2.78. The zero-order valence-electron chi connectivity index (χ0n) is 16.6. The van der Waals surface area contributed by atoms with Crippen LogP contribution in [-0.2, 0) is 11.3 Å². The van der Waals surface area contributed by atoms with Crippen molar-refractivity contribution in [3.8, 4) is 5.75 Å². The third kappa shape index (κ3) is 5.38. The summed E-state index contributed by atoms with van der Waals surface area (Å²) in [6, 6.07) is 15.5. The van der Waals surface area contributed by atoms with E-state index in [2.05, 4.69) is 15.5 Å². The van der Waals surface area contributed by atoms with Crippen LogP contribution in [0.5, 0.6) is 5.75 Å². The van der Waals surface area contributed by atoms with Crippen LogP contribution < -0.4 is 10.1 Å². The highest BCUT2D eigenvalue weighted by Gasteiger charge is 2.19. The molecule has 9 heteroatoms. The number of amides is 1. The molecule has 0 spiro atoms. The Bertz CT molecular complexity index is 1010. The van der Waals surface area contributed by atoms with E-state index in [-0.39, 0.29) is 23.3 Å². The minimum Gasteiger partial charge on any atom is -0.483 e. The van der Waals surface area contributed by atoms with E-state index < -0.39 is 5.97 Å². The van der Waals surface area contributed by atoms with Gasteiger partial charge in [0.25, 0.3) is 0 Å². The molecular formula is C21H22N4O4S. The summed E-state index contributed by atoms with van der Waals surface area (Å²) < 4.78 is 7.86. The van der Waals surface area contributed by atoms with Gasteiger partial charge in [-0.05, 0) is 50.2 Å². The SMILES string of the molecule is CCn1c(SCC(=O)Nc2ccc(C(=O)O)cc2)nnc1[C@H](C)Oc1ccccc1. The number of aromatic carboxylic acids is 1. The van der Waals surface area contributed by atoms with Crippen molar-refractivity contribution in [2.75, 3.05) is 11.1 Å². The second-order valence-corrected chi connectivity index (χ2v) is 7.32. The van der Waals surface area contributed by atoms with Gasteiger partial charge in [0.05, 0.1) is 11.3 Å². The highest BCUT2D eigenvalue weighted by atomic mass is 32.2. The number of hydrogen-bond donors (Lipinski definition) is 2. The molecule has 2 aromatic carbocycles. The molecule has 0 aliphatic rings. The van der Waals surface area contributed by atoms with Gasteiger partial charge in [0, 0.05) is 12.2 Å². The van der Waals surface area contributed by atoms with Crippen molar-refractivity contribution in [3.05, 3.63) is 66.0 Å². The molecule has 3 rings (SSSR count). The molecule has 0 saturated heterocycles. The lowest BCUT2D eigenvalue weighted by atomic mass is 10.2. The minimum absolute atomic E-state index is 0.146. The molecule has 30 heavy (non-hydrogen) atoms. The number of carboxylic acids is 1. The summed E-state index contributed by atoms with van der Waals surface area (Å²) >= 11 is 1.28. The van der Waals surface area contributed by atoms with Crippen molar-refractivity contribution in [1.82, 2.24) is 14.8 Å². The normalized spacial score (nSPS) is 11.7. The average Bonchev–Trinajstić information content (AvgIpc) is 3.16. The number of ether oxygens (including phenoxy) is 1. The summed E-state index contributed by atoms with van der Waals surface area (Å²) in [5.74, 6) is 0.353. The number of nitrogens with one attached hydrogen (secondary N) is 1. The fourth-order valence-corrected chi connectivity index (χ4v) is 3.59. The number of benzene rings is 2. The predicted molar refractivity (Wildman–Crippen MR) is 114 cm³/mol. The first kappa shape index (κ1) is 21.4. The number of carbonyl (C=O) groups is 2. The van der Waals surface area contributed by atoms with Crippen molar-refractivity contribution in [2.45, 2.75) is 31.7 Å². The van der Waals surface area contributed by atoms with Crippen molar-refractivity contribution < 1.29 is 19.4 Å². The van der Waals surface area contributed by atoms with Crippen molar-refractivity contribution in [3.63, 3.8) is 0 Å². The van der Waals surface area contributed by atoms with Crippen LogP contribution in [0.3, 0.4) is 0 Å².